The minimum atomic E-state index is -0.117. The maximum Gasteiger partial charge on any atom is 0.255 e. The molecule has 0 radical (unpaired) electrons. The van der Waals surface area contributed by atoms with Crippen molar-refractivity contribution in [3.8, 4) is 11.3 Å². The first kappa shape index (κ1) is 18.8. The van der Waals surface area contributed by atoms with Gasteiger partial charge in [-0.3, -0.25) is 9.89 Å². The Morgan fingerprint density at radius 1 is 1.33 bits per heavy atom. The Labute approximate surface area is 153 Å². The molecule has 1 fully saturated rings. The van der Waals surface area contributed by atoms with E-state index in [0.29, 0.717) is 22.8 Å². The van der Waals surface area contributed by atoms with Crippen LogP contribution in [-0.4, -0.2) is 35.7 Å². The van der Waals surface area contributed by atoms with Gasteiger partial charge in [0.15, 0.2) is 0 Å². The number of hydrogen-bond donors (Lipinski definition) is 3. The Bertz CT molecular complexity index is 695. The number of hydrogen-bond acceptors (Lipinski definition) is 3. The van der Waals surface area contributed by atoms with Gasteiger partial charge in [-0.25, -0.2) is 0 Å². The minimum Gasteiger partial charge on any atom is -0.351 e. The molecule has 1 aromatic carbocycles. The number of aromatic amines is 1. The number of nitrogens with one attached hydrogen (secondary N) is 3. The van der Waals surface area contributed by atoms with E-state index in [-0.39, 0.29) is 23.7 Å². The molecule has 5 nitrogen and oxygen atoms in total. The van der Waals surface area contributed by atoms with Gasteiger partial charge >= 0.3 is 0 Å². The summed E-state index contributed by atoms with van der Waals surface area (Å²) in [7, 11) is 0. The van der Waals surface area contributed by atoms with Crippen molar-refractivity contribution in [2.45, 2.75) is 19.8 Å². The molecule has 7 heteroatoms. The predicted octanol–water partition coefficient (Wildman–Crippen LogP) is 3.27. The van der Waals surface area contributed by atoms with Crippen molar-refractivity contribution in [2.75, 3.05) is 19.6 Å². The van der Waals surface area contributed by atoms with E-state index in [2.05, 4.69) is 27.8 Å². The molecule has 1 aliphatic heterocycles. The van der Waals surface area contributed by atoms with Crippen LogP contribution in [0.25, 0.3) is 11.3 Å². The van der Waals surface area contributed by atoms with Gasteiger partial charge in [-0.15, -0.1) is 12.4 Å². The largest absolute Gasteiger partial charge is 0.351 e. The number of carbonyl (C=O) groups is 1. The van der Waals surface area contributed by atoms with Crippen molar-refractivity contribution in [3.05, 3.63) is 41.0 Å². The van der Waals surface area contributed by atoms with Crippen molar-refractivity contribution < 1.29 is 4.79 Å². The van der Waals surface area contributed by atoms with Crippen LogP contribution in [0, 0.1) is 5.41 Å². The molecule has 0 saturated carbocycles. The Morgan fingerprint density at radius 3 is 2.75 bits per heavy atom. The summed E-state index contributed by atoms with van der Waals surface area (Å²) in [4.78, 5) is 12.6. The molecular formula is C17H22Cl2N4O. The van der Waals surface area contributed by atoms with Gasteiger partial charge in [-0.05, 0) is 37.4 Å². The number of halogens is 2. The maximum atomic E-state index is 12.6. The van der Waals surface area contributed by atoms with Gasteiger partial charge in [0.2, 0.25) is 0 Å². The first-order chi connectivity index (χ1) is 11.1. The molecule has 24 heavy (non-hydrogen) atoms. The summed E-state index contributed by atoms with van der Waals surface area (Å²) < 4.78 is 0. The Hall–Kier alpha value is -1.56. The van der Waals surface area contributed by atoms with Crippen LogP contribution in [0.4, 0.5) is 0 Å². The number of piperidine rings is 1. The molecule has 1 aromatic heterocycles. The summed E-state index contributed by atoms with van der Waals surface area (Å²) >= 11 is 6.23. The standard InChI is InChI=1S/C17H21ClN4O.ClH/c1-17(6-8-19-9-7-17)11-20-16(23)13-10-21-22-15(13)12-4-2-3-5-14(12)18;/h2-5,10,19H,6-9,11H2,1H3,(H,20,23)(H,21,22);1H. The molecule has 0 bridgehead atoms. The Balaban J connectivity index is 0.00000208. The molecule has 0 aliphatic carbocycles. The van der Waals surface area contributed by atoms with Gasteiger partial charge in [0.1, 0.15) is 0 Å². The molecule has 1 saturated heterocycles. The van der Waals surface area contributed by atoms with E-state index in [9.17, 15) is 4.79 Å². The SMILES string of the molecule is CC1(CNC(=O)c2cn[nH]c2-c2ccccc2Cl)CCNCC1.Cl. The van der Waals surface area contributed by atoms with Crippen molar-refractivity contribution in [1.29, 1.82) is 0 Å². The molecule has 0 spiro atoms. The quantitative estimate of drug-likeness (QED) is 0.775. The number of rotatable bonds is 4. The lowest BCUT2D eigenvalue weighted by molar-refractivity contribution is 0.0923. The number of amides is 1. The monoisotopic (exact) mass is 368 g/mol. The number of benzene rings is 1. The Morgan fingerprint density at radius 2 is 2.04 bits per heavy atom. The van der Waals surface area contributed by atoms with Gasteiger partial charge in [0, 0.05) is 17.1 Å². The number of carbonyl (C=O) groups excluding carboxylic acids is 1. The van der Waals surface area contributed by atoms with Crippen LogP contribution in [0.5, 0.6) is 0 Å². The molecule has 3 N–H and O–H groups in total. The molecule has 1 aliphatic rings. The molecule has 0 atom stereocenters. The summed E-state index contributed by atoms with van der Waals surface area (Å²) in [6.45, 7) is 4.89. The lowest BCUT2D eigenvalue weighted by atomic mass is 9.81. The molecule has 3 rings (SSSR count). The maximum absolute atomic E-state index is 12.6. The Kier molecular flexibility index (Phi) is 6.27. The van der Waals surface area contributed by atoms with Crippen LogP contribution in [0.15, 0.2) is 30.5 Å². The van der Waals surface area contributed by atoms with Crippen LogP contribution < -0.4 is 10.6 Å². The zero-order valence-corrected chi connectivity index (χ0v) is 15.1. The summed E-state index contributed by atoms with van der Waals surface area (Å²) in [6, 6.07) is 7.43. The van der Waals surface area contributed by atoms with Gasteiger partial charge in [-0.1, -0.05) is 36.7 Å². The summed E-state index contributed by atoms with van der Waals surface area (Å²) in [5, 5.41) is 13.9. The molecule has 1 amide bonds. The van der Waals surface area contributed by atoms with Crippen LogP contribution >= 0.6 is 24.0 Å². The van der Waals surface area contributed by atoms with Crippen molar-refractivity contribution >= 4 is 29.9 Å². The van der Waals surface area contributed by atoms with Gasteiger partial charge in [0.25, 0.3) is 5.91 Å². The van der Waals surface area contributed by atoms with E-state index in [1.165, 1.54) is 0 Å². The van der Waals surface area contributed by atoms with E-state index >= 15 is 0 Å². The highest BCUT2D eigenvalue weighted by Gasteiger charge is 2.28. The van der Waals surface area contributed by atoms with Crippen LogP contribution in [0.3, 0.4) is 0 Å². The molecule has 2 heterocycles. The van der Waals surface area contributed by atoms with Gasteiger partial charge < -0.3 is 10.6 Å². The molecule has 130 valence electrons. The average molecular weight is 369 g/mol. The molecular weight excluding hydrogens is 347 g/mol. The summed E-state index contributed by atoms with van der Waals surface area (Å²) in [5.41, 5.74) is 2.11. The van der Waals surface area contributed by atoms with Crippen LogP contribution in [0.2, 0.25) is 5.02 Å². The van der Waals surface area contributed by atoms with Crippen LogP contribution in [-0.2, 0) is 0 Å². The van der Waals surface area contributed by atoms with Gasteiger partial charge in [-0.2, -0.15) is 5.10 Å². The van der Waals surface area contributed by atoms with E-state index in [1.54, 1.807) is 12.3 Å². The zero-order valence-electron chi connectivity index (χ0n) is 13.6. The van der Waals surface area contributed by atoms with Crippen molar-refractivity contribution in [2.24, 2.45) is 5.41 Å². The second-order valence-electron chi connectivity index (χ2n) is 6.38. The van der Waals surface area contributed by atoms with E-state index in [0.717, 1.165) is 31.5 Å². The fourth-order valence-corrected chi connectivity index (χ4v) is 3.15. The second kappa shape index (κ2) is 8.01. The summed E-state index contributed by atoms with van der Waals surface area (Å²) in [6.07, 6.45) is 3.69. The first-order valence-electron chi connectivity index (χ1n) is 7.86. The third kappa shape index (κ3) is 4.09. The smallest absolute Gasteiger partial charge is 0.255 e. The fourth-order valence-electron chi connectivity index (χ4n) is 2.92. The highest BCUT2D eigenvalue weighted by atomic mass is 35.5. The zero-order chi connectivity index (χ0) is 16.3. The third-order valence-electron chi connectivity index (χ3n) is 4.51. The normalized spacial score (nSPS) is 16.2. The van der Waals surface area contributed by atoms with Crippen molar-refractivity contribution in [3.63, 3.8) is 0 Å². The molecule has 0 unspecified atom stereocenters. The lowest BCUT2D eigenvalue weighted by Gasteiger charge is -2.34. The van der Waals surface area contributed by atoms with E-state index < -0.39 is 0 Å². The molecule has 2 aromatic rings. The highest BCUT2D eigenvalue weighted by molar-refractivity contribution is 6.33. The minimum absolute atomic E-state index is 0. The summed E-state index contributed by atoms with van der Waals surface area (Å²) in [5.74, 6) is -0.117. The third-order valence-corrected chi connectivity index (χ3v) is 4.84. The van der Waals surface area contributed by atoms with E-state index in [4.69, 9.17) is 11.6 Å². The first-order valence-corrected chi connectivity index (χ1v) is 8.24. The average Bonchev–Trinajstić information content (AvgIpc) is 3.03. The lowest BCUT2D eigenvalue weighted by Crippen LogP contribution is -2.42. The number of aromatic nitrogens is 2. The second-order valence-corrected chi connectivity index (χ2v) is 6.79. The van der Waals surface area contributed by atoms with Crippen molar-refractivity contribution in [1.82, 2.24) is 20.8 Å². The topological polar surface area (TPSA) is 69.8 Å². The fraction of sp³-hybridized carbons (Fsp3) is 0.412. The van der Waals surface area contributed by atoms with Gasteiger partial charge in [0.05, 0.1) is 17.5 Å². The predicted molar refractivity (Wildman–Crippen MR) is 98.8 cm³/mol. The highest BCUT2D eigenvalue weighted by Crippen LogP contribution is 2.29. The number of H-pyrrole nitrogens is 1. The van der Waals surface area contributed by atoms with Crippen LogP contribution in [0.1, 0.15) is 30.1 Å². The van der Waals surface area contributed by atoms with E-state index in [1.807, 2.05) is 18.2 Å². The number of nitrogens with zero attached hydrogens (tertiary/aromatic N) is 1.